The number of benzene rings is 1. The summed E-state index contributed by atoms with van der Waals surface area (Å²) < 4.78 is 5.55. The third-order valence-corrected chi connectivity index (χ3v) is 6.68. The molecule has 1 fully saturated rings. The molecule has 1 aliphatic rings. The van der Waals surface area contributed by atoms with Crippen LogP contribution in [0.4, 0.5) is 0 Å². The van der Waals surface area contributed by atoms with Crippen LogP contribution in [0.3, 0.4) is 0 Å². The van der Waals surface area contributed by atoms with Gasteiger partial charge in [-0.3, -0.25) is 9.59 Å². The molecular weight excluding hydrogens is 451 g/mol. The van der Waals surface area contributed by atoms with Crippen molar-refractivity contribution in [3.8, 4) is 16.2 Å². The van der Waals surface area contributed by atoms with Crippen LogP contribution in [0, 0.1) is 12.3 Å². The Morgan fingerprint density at radius 1 is 1.38 bits per heavy atom. The summed E-state index contributed by atoms with van der Waals surface area (Å²) in [5, 5.41) is 2.96. The first kappa shape index (κ1) is 27.4. The molecule has 2 aromatic rings. The number of rotatable bonds is 6. The van der Waals surface area contributed by atoms with Crippen molar-refractivity contribution in [3.05, 3.63) is 40.7 Å². The van der Waals surface area contributed by atoms with Gasteiger partial charge in [0.1, 0.15) is 11.8 Å². The Morgan fingerprint density at radius 3 is 2.69 bits per heavy atom. The van der Waals surface area contributed by atoms with E-state index in [9.17, 15) is 9.59 Å². The summed E-state index contributed by atoms with van der Waals surface area (Å²) in [4.78, 5) is 32.7. The minimum Gasteiger partial charge on any atom is -0.666 e. The first-order valence-corrected chi connectivity index (χ1v) is 11.4. The molecule has 1 aromatic heterocycles. The molecule has 32 heavy (non-hydrogen) atoms. The Hall–Kier alpha value is -0.814. The number of amides is 2. The zero-order chi connectivity index (χ0) is 22.8. The van der Waals surface area contributed by atoms with Crippen LogP contribution in [0.1, 0.15) is 44.9 Å². The van der Waals surface area contributed by atoms with Crippen molar-refractivity contribution in [2.45, 2.75) is 59.2 Å². The van der Waals surface area contributed by atoms with Gasteiger partial charge in [-0.05, 0) is 36.8 Å². The summed E-state index contributed by atoms with van der Waals surface area (Å²) in [7, 11) is 1.61. The minimum atomic E-state index is -0.885. The molecule has 0 spiro atoms. The van der Waals surface area contributed by atoms with Crippen LogP contribution < -0.4 is 61.4 Å². The van der Waals surface area contributed by atoms with E-state index in [2.05, 4.69) is 10.3 Å². The topological polar surface area (TPSA) is 95.3 Å². The number of carbonyl (C=O) groups is 2. The summed E-state index contributed by atoms with van der Waals surface area (Å²) in [5.41, 5.74) is 12.5. The largest absolute Gasteiger partial charge is 1.00 e. The first-order chi connectivity index (χ1) is 14.6. The fourth-order valence-corrected chi connectivity index (χ4v) is 4.55. The summed E-state index contributed by atoms with van der Waals surface area (Å²) in [6, 6.07) is 4.51. The van der Waals surface area contributed by atoms with Gasteiger partial charge in [0.15, 0.2) is 0 Å². The predicted octanol–water partition coefficient (Wildman–Crippen LogP) is 1.21. The summed E-state index contributed by atoms with van der Waals surface area (Å²) in [6.07, 6.45) is 1.39. The van der Waals surface area contributed by atoms with E-state index in [1.165, 1.54) is 0 Å². The van der Waals surface area contributed by atoms with Gasteiger partial charge in [-0.15, -0.1) is 11.3 Å². The van der Waals surface area contributed by atoms with Crippen LogP contribution in [-0.2, 0) is 16.1 Å². The van der Waals surface area contributed by atoms with Gasteiger partial charge in [-0.2, -0.15) is 0 Å². The number of nitrogens with zero attached hydrogens (tertiary/aromatic N) is 2. The molecule has 0 bridgehead atoms. The molecule has 1 aliphatic heterocycles. The van der Waals surface area contributed by atoms with Gasteiger partial charge < -0.3 is 20.7 Å². The summed E-state index contributed by atoms with van der Waals surface area (Å²) in [5.74, 6) is 0.243. The maximum absolute atomic E-state index is 12.9. The molecule has 0 aliphatic carbocycles. The molecule has 9 heteroatoms. The van der Waals surface area contributed by atoms with Crippen molar-refractivity contribution >= 4 is 23.2 Å². The monoisotopic (exact) mass is 482 g/mol. The van der Waals surface area contributed by atoms with Crippen LogP contribution >= 0.6 is 11.3 Å². The SMILES string of the molecule is COc1cc(-c2scnc2C)ccc1CNC(=O)C1CCCN1C(=O)C([NH-])C(C)(C)C.[K+]. The Kier molecular flexibility index (Phi) is 9.90. The second-order valence-corrected chi connectivity index (χ2v) is 9.85. The molecule has 2 N–H and O–H groups in total. The normalized spacial score (nSPS) is 16.9. The molecule has 7 nitrogen and oxygen atoms in total. The fraction of sp³-hybridized carbons (Fsp3) is 0.522. The number of likely N-dealkylation sites (tertiary alicyclic amines) is 1. The molecule has 1 aromatic carbocycles. The number of nitrogens with one attached hydrogen (secondary N) is 2. The van der Waals surface area contributed by atoms with Gasteiger partial charge in [0.05, 0.1) is 23.2 Å². The molecular formula is C23H31KN4O3S. The number of carbonyl (C=O) groups excluding carboxylic acids is 2. The van der Waals surface area contributed by atoms with E-state index in [1.54, 1.807) is 23.3 Å². The Labute approximate surface area is 236 Å². The predicted molar refractivity (Wildman–Crippen MR) is 123 cm³/mol. The Balaban J connectivity index is 0.00000363. The number of aromatic nitrogens is 1. The molecule has 0 saturated carbocycles. The molecule has 2 amide bonds. The maximum Gasteiger partial charge on any atom is 1.00 e. The molecule has 168 valence electrons. The van der Waals surface area contributed by atoms with E-state index >= 15 is 0 Å². The van der Waals surface area contributed by atoms with Gasteiger partial charge in [0.25, 0.3) is 0 Å². The van der Waals surface area contributed by atoms with Gasteiger partial charge in [0.2, 0.25) is 11.8 Å². The van der Waals surface area contributed by atoms with E-state index in [-0.39, 0.29) is 63.2 Å². The van der Waals surface area contributed by atoms with Gasteiger partial charge in [0, 0.05) is 18.7 Å². The molecule has 0 radical (unpaired) electrons. The van der Waals surface area contributed by atoms with E-state index in [0.29, 0.717) is 25.3 Å². The van der Waals surface area contributed by atoms with Crippen LogP contribution in [0.25, 0.3) is 16.2 Å². The molecule has 2 heterocycles. The van der Waals surface area contributed by atoms with Crippen molar-refractivity contribution in [1.82, 2.24) is 15.2 Å². The van der Waals surface area contributed by atoms with Crippen LogP contribution in [0.2, 0.25) is 0 Å². The maximum atomic E-state index is 12.9. The van der Waals surface area contributed by atoms with E-state index < -0.39 is 17.5 Å². The number of aryl methyl sites for hydroxylation is 1. The first-order valence-electron chi connectivity index (χ1n) is 10.5. The average molecular weight is 483 g/mol. The van der Waals surface area contributed by atoms with Crippen LogP contribution in [0.5, 0.6) is 5.75 Å². The molecule has 1 saturated heterocycles. The van der Waals surface area contributed by atoms with Crippen molar-refractivity contribution in [2.75, 3.05) is 13.7 Å². The second kappa shape index (κ2) is 11.5. The van der Waals surface area contributed by atoms with E-state index in [1.807, 2.05) is 51.4 Å². The van der Waals surface area contributed by atoms with Gasteiger partial charge in [-0.1, -0.05) is 38.9 Å². The quantitative estimate of drug-likeness (QED) is 0.626. The van der Waals surface area contributed by atoms with Gasteiger partial charge >= 0.3 is 51.4 Å². The fourth-order valence-electron chi connectivity index (χ4n) is 3.75. The third kappa shape index (κ3) is 6.19. The van der Waals surface area contributed by atoms with Gasteiger partial charge in [-0.25, -0.2) is 4.98 Å². The smallest absolute Gasteiger partial charge is 0.666 e. The average Bonchev–Trinajstić information content (AvgIpc) is 3.39. The zero-order valence-corrected chi connectivity index (χ0v) is 23.8. The zero-order valence-electron chi connectivity index (χ0n) is 19.8. The van der Waals surface area contributed by atoms with Crippen LogP contribution in [-0.4, -0.2) is 47.4 Å². The van der Waals surface area contributed by atoms with Crippen molar-refractivity contribution in [2.24, 2.45) is 5.41 Å². The van der Waals surface area contributed by atoms with Crippen molar-refractivity contribution < 1.29 is 65.7 Å². The third-order valence-electron chi connectivity index (χ3n) is 5.70. The van der Waals surface area contributed by atoms with Crippen molar-refractivity contribution in [3.63, 3.8) is 0 Å². The van der Waals surface area contributed by atoms with Crippen LogP contribution in [0.15, 0.2) is 23.7 Å². The standard InChI is InChI=1S/C23H31N4O3S.K/c1-14-19(31-13-26-14)15-8-9-16(18(11-15)30-5)12-25-21(28)17-7-6-10-27(17)22(29)20(24)23(2,3)4;/h8-9,11,13,17,20,24H,6-7,10,12H2,1-5H3,(H,25,28);/q-1;+1. The minimum absolute atomic E-state index is 0. The number of ether oxygens (including phenoxy) is 1. The summed E-state index contributed by atoms with van der Waals surface area (Å²) >= 11 is 1.58. The molecule has 3 rings (SSSR count). The Bertz CT molecular complexity index is 957. The number of methoxy groups -OCH3 is 1. The number of hydrogen-bond acceptors (Lipinski definition) is 5. The van der Waals surface area contributed by atoms with E-state index in [4.69, 9.17) is 10.5 Å². The second-order valence-electron chi connectivity index (χ2n) is 9.00. The Morgan fingerprint density at radius 2 is 2.09 bits per heavy atom. The van der Waals surface area contributed by atoms with Crippen molar-refractivity contribution in [1.29, 1.82) is 0 Å². The van der Waals surface area contributed by atoms with E-state index in [0.717, 1.165) is 28.1 Å². The number of thiazole rings is 1. The summed E-state index contributed by atoms with van der Waals surface area (Å²) in [6.45, 7) is 8.43. The number of hydrogen-bond donors (Lipinski definition) is 1. The molecule has 2 atom stereocenters. The molecule has 2 unspecified atom stereocenters.